The third-order valence-electron chi connectivity index (χ3n) is 6.54. The van der Waals surface area contributed by atoms with Gasteiger partial charge in [-0.1, -0.05) is 24.3 Å². The molecule has 8 heteroatoms. The third-order valence-corrected chi connectivity index (χ3v) is 6.54. The number of para-hydroxylation sites is 1. The van der Waals surface area contributed by atoms with Gasteiger partial charge < -0.3 is 14.4 Å². The van der Waals surface area contributed by atoms with Gasteiger partial charge in [-0.05, 0) is 51.4 Å². The molecular formula is C23H18N6O2. The summed E-state index contributed by atoms with van der Waals surface area (Å²) in [4.78, 5) is 6.72. The van der Waals surface area contributed by atoms with Crippen LogP contribution < -0.4 is 14.4 Å². The van der Waals surface area contributed by atoms with Gasteiger partial charge in [0, 0.05) is 36.7 Å². The van der Waals surface area contributed by atoms with Crippen LogP contribution in [0.5, 0.6) is 11.5 Å². The SMILES string of the molecule is c1cncc(CN2CC3(Cn4nnnc4-c4cc5c(cc43)OCO5)c3ccccc32)c1. The highest BCUT2D eigenvalue weighted by molar-refractivity contribution is 5.76. The summed E-state index contributed by atoms with van der Waals surface area (Å²) in [6.07, 6.45) is 3.74. The lowest BCUT2D eigenvalue weighted by Gasteiger charge is -2.36. The van der Waals surface area contributed by atoms with E-state index in [-0.39, 0.29) is 12.2 Å². The van der Waals surface area contributed by atoms with Crippen molar-refractivity contribution >= 4 is 5.69 Å². The van der Waals surface area contributed by atoms with E-state index in [0.29, 0.717) is 6.54 Å². The summed E-state index contributed by atoms with van der Waals surface area (Å²) >= 11 is 0. The van der Waals surface area contributed by atoms with E-state index < -0.39 is 0 Å². The number of benzene rings is 2. The van der Waals surface area contributed by atoms with Crippen molar-refractivity contribution in [1.82, 2.24) is 25.2 Å². The zero-order valence-electron chi connectivity index (χ0n) is 16.6. The summed E-state index contributed by atoms with van der Waals surface area (Å²) in [6.45, 7) is 2.50. The second kappa shape index (κ2) is 6.04. The first kappa shape index (κ1) is 16.8. The number of ether oxygens (including phenoxy) is 2. The minimum absolute atomic E-state index is 0.236. The Balaban J connectivity index is 1.43. The van der Waals surface area contributed by atoms with Gasteiger partial charge in [0.2, 0.25) is 6.79 Å². The van der Waals surface area contributed by atoms with Crippen molar-refractivity contribution in [2.24, 2.45) is 0 Å². The highest BCUT2D eigenvalue weighted by Crippen LogP contribution is 2.53. The third kappa shape index (κ3) is 2.30. The molecule has 31 heavy (non-hydrogen) atoms. The molecule has 0 N–H and O–H groups in total. The van der Waals surface area contributed by atoms with E-state index in [1.54, 1.807) is 0 Å². The summed E-state index contributed by atoms with van der Waals surface area (Å²) in [7, 11) is 0. The molecular weight excluding hydrogens is 392 g/mol. The second-order valence-corrected chi connectivity index (χ2v) is 8.23. The molecule has 0 aliphatic carbocycles. The van der Waals surface area contributed by atoms with Crippen molar-refractivity contribution in [3.05, 3.63) is 77.6 Å². The van der Waals surface area contributed by atoms with E-state index in [1.165, 1.54) is 22.4 Å². The van der Waals surface area contributed by atoms with Crippen molar-refractivity contribution in [3.8, 4) is 22.9 Å². The predicted molar refractivity (Wildman–Crippen MR) is 112 cm³/mol. The maximum absolute atomic E-state index is 5.74. The summed E-state index contributed by atoms with van der Waals surface area (Å²) in [5.41, 5.74) is 5.57. The molecule has 0 fully saturated rings. The Bertz CT molecular complexity index is 1320. The average molecular weight is 410 g/mol. The van der Waals surface area contributed by atoms with Crippen LogP contribution in [0.4, 0.5) is 5.69 Å². The fourth-order valence-electron chi connectivity index (χ4n) is 5.24. The first-order chi connectivity index (χ1) is 15.3. The van der Waals surface area contributed by atoms with E-state index in [9.17, 15) is 0 Å². The van der Waals surface area contributed by atoms with Crippen LogP contribution in [0, 0.1) is 0 Å². The van der Waals surface area contributed by atoms with Crippen LogP contribution in [0.1, 0.15) is 16.7 Å². The van der Waals surface area contributed by atoms with Crippen molar-refractivity contribution in [1.29, 1.82) is 0 Å². The fourth-order valence-corrected chi connectivity index (χ4v) is 5.24. The summed E-state index contributed by atoms with van der Waals surface area (Å²) in [5.74, 6) is 2.29. The number of hydrogen-bond acceptors (Lipinski definition) is 7. The molecule has 1 unspecified atom stereocenters. The van der Waals surface area contributed by atoms with E-state index in [1.807, 2.05) is 29.2 Å². The first-order valence-corrected chi connectivity index (χ1v) is 10.3. The molecule has 8 nitrogen and oxygen atoms in total. The van der Waals surface area contributed by atoms with Crippen molar-refractivity contribution in [2.45, 2.75) is 18.5 Å². The lowest BCUT2D eigenvalue weighted by Crippen LogP contribution is -2.41. The minimum Gasteiger partial charge on any atom is -0.454 e. The normalized spacial score (nSPS) is 19.9. The molecule has 0 saturated carbocycles. The lowest BCUT2D eigenvalue weighted by atomic mass is 9.72. The summed E-state index contributed by atoms with van der Waals surface area (Å²) in [6, 6.07) is 16.9. The molecule has 0 saturated heterocycles. The molecule has 0 bridgehead atoms. The molecule has 5 heterocycles. The predicted octanol–water partition coefficient (Wildman–Crippen LogP) is 2.78. The Morgan fingerprint density at radius 1 is 0.968 bits per heavy atom. The summed E-state index contributed by atoms with van der Waals surface area (Å²) in [5, 5.41) is 12.6. The Hall–Kier alpha value is -3.94. The van der Waals surface area contributed by atoms with Crippen LogP contribution in [0.25, 0.3) is 11.4 Å². The number of anilines is 1. The number of fused-ring (bicyclic) bond motifs is 7. The monoisotopic (exact) mass is 410 g/mol. The molecule has 1 spiro atoms. The van der Waals surface area contributed by atoms with Crippen LogP contribution in [-0.4, -0.2) is 38.5 Å². The maximum atomic E-state index is 5.74. The zero-order valence-corrected chi connectivity index (χ0v) is 16.6. The highest BCUT2D eigenvalue weighted by Gasteiger charge is 2.49. The van der Waals surface area contributed by atoms with Gasteiger partial charge in [0.1, 0.15) is 0 Å². The van der Waals surface area contributed by atoms with Crippen LogP contribution in [-0.2, 0) is 18.5 Å². The van der Waals surface area contributed by atoms with Crippen LogP contribution >= 0.6 is 0 Å². The number of rotatable bonds is 2. The maximum Gasteiger partial charge on any atom is 0.231 e. The largest absolute Gasteiger partial charge is 0.454 e. The quantitative estimate of drug-likeness (QED) is 0.503. The van der Waals surface area contributed by atoms with Crippen LogP contribution in [0.15, 0.2) is 60.9 Å². The molecule has 2 aromatic carbocycles. The van der Waals surface area contributed by atoms with Crippen molar-refractivity contribution in [2.75, 3.05) is 18.2 Å². The Morgan fingerprint density at radius 2 is 1.87 bits per heavy atom. The number of pyridine rings is 1. The Morgan fingerprint density at radius 3 is 2.77 bits per heavy atom. The van der Waals surface area contributed by atoms with Crippen molar-refractivity contribution in [3.63, 3.8) is 0 Å². The molecule has 4 aromatic rings. The van der Waals surface area contributed by atoms with E-state index in [0.717, 1.165) is 36.0 Å². The Kier molecular flexibility index (Phi) is 3.28. The van der Waals surface area contributed by atoms with Gasteiger partial charge in [0.05, 0.1) is 12.0 Å². The highest BCUT2D eigenvalue weighted by atomic mass is 16.7. The first-order valence-electron chi connectivity index (χ1n) is 10.3. The van der Waals surface area contributed by atoms with Gasteiger partial charge in [0.15, 0.2) is 17.3 Å². The molecule has 1 atom stereocenters. The molecule has 3 aliphatic heterocycles. The minimum atomic E-state index is -0.294. The zero-order chi connectivity index (χ0) is 20.4. The molecule has 0 amide bonds. The van der Waals surface area contributed by atoms with Crippen LogP contribution in [0.2, 0.25) is 0 Å². The number of aromatic nitrogens is 5. The van der Waals surface area contributed by atoms with E-state index in [2.05, 4.69) is 61.8 Å². The molecule has 0 radical (unpaired) electrons. The standard InChI is InChI=1S/C23H18N6O2/c1-2-6-19-17(5-1)23(12-28(19)11-15-4-3-7-24-10-15)13-29-22(25-26-27-29)16-8-20-21(9-18(16)23)31-14-30-20/h1-10H,11-14H2. The molecule has 2 aromatic heterocycles. The van der Waals surface area contributed by atoms with Gasteiger partial charge in [-0.3, -0.25) is 4.98 Å². The van der Waals surface area contributed by atoms with Crippen LogP contribution in [0.3, 0.4) is 0 Å². The van der Waals surface area contributed by atoms with Gasteiger partial charge in [-0.15, -0.1) is 5.10 Å². The fraction of sp³-hybridized carbons (Fsp3) is 0.217. The van der Waals surface area contributed by atoms with Gasteiger partial charge in [0.25, 0.3) is 0 Å². The molecule has 152 valence electrons. The number of tetrazole rings is 1. The van der Waals surface area contributed by atoms with E-state index in [4.69, 9.17) is 9.47 Å². The van der Waals surface area contributed by atoms with Gasteiger partial charge in [-0.2, -0.15) is 0 Å². The van der Waals surface area contributed by atoms with Gasteiger partial charge >= 0.3 is 0 Å². The van der Waals surface area contributed by atoms with E-state index >= 15 is 0 Å². The smallest absolute Gasteiger partial charge is 0.231 e. The number of nitrogens with zero attached hydrogens (tertiary/aromatic N) is 6. The second-order valence-electron chi connectivity index (χ2n) is 8.23. The lowest BCUT2D eigenvalue weighted by molar-refractivity contribution is 0.174. The van der Waals surface area contributed by atoms with Gasteiger partial charge in [-0.25, -0.2) is 4.68 Å². The average Bonchev–Trinajstić information content (AvgIpc) is 3.53. The Labute approximate surface area is 178 Å². The summed E-state index contributed by atoms with van der Waals surface area (Å²) < 4.78 is 13.3. The topological polar surface area (TPSA) is 78.2 Å². The molecule has 3 aliphatic rings. The molecule has 7 rings (SSSR count). The van der Waals surface area contributed by atoms with Crippen molar-refractivity contribution < 1.29 is 9.47 Å². The number of hydrogen-bond donors (Lipinski definition) is 0.